The van der Waals surface area contributed by atoms with Gasteiger partial charge in [0.2, 0.25) is 0 Å². The highest BCUT2D eigenvalue weighted by Gasteiger charge is 1.98. The summed E-state index contributed by atoms with van der Waals surface area (Å²) in [6.07, 6.45) is 8.71. The van der Waals surface area contributed by atoms with Crippen molar-refractivity contribution in [2.75, 3.05) is 0 Å². The lowest BCUT2D eigenvalue weighted by molar-refractivity contribution is 0.718. The number of hydrogen-bond acceptors (Lipinski definition) is 2. The van der Waals surface area contributed by atoms with Gasteiger partial charge in [0.15, 0.2) is 5.11 Å². The molecule has 1 rings (SSSR count). The third-order valence-electron chi connectivity index (χ3n) is 3.04. The minimum Gasteiger partial charge on any atom is -0.359 e. The minimum atomic E-state index is 0.305. The molecule has 4 heteroatoms. The lowest BCUT2D eigenvalue weighted by Crippen LogP contribution is -2.36. The molecule has 120 valence electrons. The number of hydrogen-bond donors (Lipinski definition) is 2. The zero-order chi connectivity index (χ0) is 16.2. The van der Waals surface area contributed by atoms with Crippen LogP contribution in [0.5, 0.6) is 0 Å². The molecule has 0 saturated carbocycles. The summed E-state index contributed by atoms with van der Waals surface area (Å²) in [5, 5.41) is 7.91. The van der Waals surface area contributed by atoms with Crippen LogP contribution in [0.4, 0.5) is 0 Å². The molecule has 0 bridgehead atoms. The number of unbranched alkanes of at least 4 members (excludes halogenated alkanes) is 2. The van der Waals surface area contributed by atoms with Crippen molar-refractivity contribution in [3.63, 3.8) is 0 Å². The highest BCUT2D eigenvalue weighted by molar-refractivity contribution is 7.80. The third-order valence-corrected chi connectivity index (χ3v) is 3.25. The number of benzene rings is 1. The van der Waals surface area contributed by atoms with E-state index in [9.17, 15) is 0 Å². The van der Waals surface area contributed by atoms with Crippen molar-refractivity contribution in [1.82, 2.24) is 10.7 Å². The van der Waals surface area contributed by atoms with Crippen molar-refractivity contribution in [2.24, 2.45) is 5.10 Å². The Balaban J connectivity index is 2.65. The molecule has 0 radical (unpaired) electrons. The van der Waals surface area contributed by atoms with Crippen molar-refractivity contribution < 1.29 is 0 Å². The second kappa shape index (κ2) is 11.0. The summed E-state index contributed by atoms with van der Waals surface area (Å²) < 4.78 is 0. The van der Waals surface area contributed by atoms with Gasteiger partial charge >= 0.3 is 0 Å². The number of allylic oxidation sites excluding steroid dienone is 1. The second-order valence-electron chi connectivity index (χ2n) is 5.59. The van der Waals surface area contributed by atoms with E-state index >= 15 is 0 Å². The summed E-state index contributed by atoms with van der Waals surface area (Å²) in [6.45, 7) is 6.30. The molecular weight excluding hydrogens is 290 g/mol. The Morgan fingerprint density at radius 3 is 2.59 bits per heavy atom. The summed E-state index contributed by atoms with van der Waals surface area (Å²) in [4.78, 5) is 0. The van der Waals surface area contributed by atoms with Crippen molar-refractivity contribution in [1.29, 1.82) is 0 Å². The fourth-order valence-electron chi connectivity index (χ4n) is 1.98. The summed E-state index contributed by atoms with van der Waals surface area (Å²) in [5.41, 5.74) is 5.27. The van der Waals surface area contributed by atoms with Crippen molar-refractivity contribution in [2.45, 2.75) is 52.5 Å². The molecule has 0 spiro atoms. The van der Waals surface area contributed by atoms with E-state index in [1.54, 1.807) is 0 Å². The average molecular weight is 318 g/mol. The third kappa shape index (κ3) is 8.57. The summed E-state index contributed by atoms with van der Waals surface area (Å²) in [7, 11) is 0. The quantitative estimate of drug-likeness (QED) is 0.320. The molecule has 0 aliphatic rings. The maximum absolute atomic E-state index is 5.16. The lowest BCUT2D eigenvalue weighted by Gasteiger charge is -2.09. The number of thiocarbonyl (C=S) groups is 1. The van der Waals surface area contributed by atoms with Gasteiger partial charge in [-0.25, -0.2) is 0 Å². The van der Waals surface area contributed by atoms with Crippen LogP contribution in [0.15, 0.2) is 41.0 Å². The van der Waals surface area contributed by atoms with Gasteiger partial charge in [0.25, 0.3) is 0 Å². The largest absolute Gasteiger partial charge is 0.359 e. The van der Waals surface area contributed by atoms with Gasteiger partial charge < -0.3 is 5.32 Å². The molecule has 0 saturated heterocycles. The molecule has 0 aliphatic heterocycles. The van der Waals surface area contributed by atoms with Crippen LogP contribution in [0.1, 0.15) is 52.0 Å². The molecule has 0 fully saturated rings. The monoisotopic (exact) mass is 317 g/mol. The summed E-state index contributed by atoms with van der Waals surface area (Å²) in [5.74, 6) is 0. The van der Waals surface area contributed by atoms with E-state index in [4.69, 9.17) is 12.2 Å². The SMILES string of the molecule is CCCCCC(/C=N\NC(=S)NC(C)C)=C\c1ccccc1. The number of rotatable bonds is 8. The Hall–Kier alpha value is -1.68. The van der Waals surface area contributed by atoms with Gasteiger partial charge in [-0.1, -0.05) is 56.2 Å². The van der Waals surface area contributed by atoms with Gasteiger partial charge in [-0.2, -0.15) is 5.10 Å². The molecule has 0 aliphatic carbocycles. The van der Waals surface area contributed by atoms with Crippen LogP contribution in [-0.4, -0.2) is 17.4 Å². The minimum absolute atomic E-state index is 0.305. The predicted octanol–water partition coefficient (Wildman–Crippen LogP) is 4.51. The Labute approximate surface area is 139 Å². The lowest BCUT2D eigenvalue weighted by atomic mass is 10.1. The molecule has 3 nitrogen and oxygen atoms in total. The maximum Gasteiger partial charge on any atom is 0.187 e. The van der Waals surface area contributed by atoms with E-state index in [1.807, 2.05) is 38.3 Å². The molecule has 0 aromatic heterocycles. The second-order valence-corrected chi connectivity index (χ2v) is 5.99. The summed E-state index contributed by atoms with van der Waals surface area (Å²) in [6, 6.07) is 10.6. The molecule has 0 atom stereocenters. The Bertz CT molecular complexity index is 492. The zero-order valence-corrected chi connectivity index (χ0v) is 14.6. The number of hydrazone groups is 1. The Morgan fingerprint density at radius 1 is 1.23 bits per heavy atom. The first kappa shape index (κ1) is 18.4. The fourth-order valence-corrected chi connectivity index (χ4v) is 2.27. The summed E-state index contributed by atoms with van der Waals surface area (Å²) >= 11 is 5.16. The molecule has 0 heterocycles. The van der Waals surface area contributed by atoms with Crippen molar-refractivity contribution in [3.8, 4) is 0 Å². The van der Waals surface area contributed by atoms with Gasteiger partial charge in [-0.3, -0.25) is 5.43 Å². The first-order valence-corrected chi connectivity index (χ1v) is 8.37. The van der Waals surface area contributed by atoms with Crippen molar-refractivity contribution in [3.05, 3.63) is 41.5 Å². The van der Waals surface area contributed by atoms with Crippen LogP contribution in [0.2, 0.25) is 0 Å². The first-order valence-electron chi connectivity index (χ1n) is 7.97. The predicted molar refractivity (Wildman–Crippen MR) is 101 cm³/mol. The van der Waals surface area contributed by atoms with E-state index in [2.05, 4.69) is 41.0 Å². The van der Waals surface area contributed by atoms with Crippen molar-refractivity contribution >= 4 is 29.6 Å². The van der Waals surface area contributed by atoms with Crippen LogP contribution in [0, 0.1) is 0 Å². The number of nitrogens with one attached hydrogen (secondary N) is 2. The van der Waals surface area contributed by atoms with Gasteiger partial charge in [0.05, 0.1) is 6.21 Å². The van der Waals surface area contributed by atoms with Crippen LogP contribution in [-0.2, 0) is 0 Å². The van der Waals surface area contributed by atoms with Crippen LogP contribution >= 0.6 is 12.2 Å². The zero-order valence-electron chi connectivity index (χ0n) is 13.8. The molecule has 2 N–H and O–H groups in total. The first-order chi connectivity index (χ1) is 10.6. The average Bonchev–Trinajstić information content (AvgIpc) is 2.47. The Morgan fingerprint density at radius 2 is 1.95 bits per heavy atom. The molecule has 22 heavy (non-hydrogen) atoms. The Kier molecular flexibility index (Phi) is 9.15. The smallest absolute Gasteiger partial charge is 0.187 e. The fraction of sp³-hybridized carbons (Fsp3) is 0.444. The molecule has 0 unspecified atom stereocenters. The van der Waals surface area contributed by atoms with Crippen LogP contribution in [0.3, 0.4) is 0 Å². The van der Waals surface area contributed by atoms with Gasteiger partial charge in [-0.05, 0) is 50.0 Å². The highest BCUT2D eigenvalue weighted by atomic mass is 32.1. The van der Waals surface area contributed by atoms with Gasteiger partial charge in [0.1, 0.15) is 0 Å². The van der Waals surface area contributed by atoms with E-state index in [0.29, 0.717) is 11.2 Å². The molecular formula is C18H27N3S. The van der Waals surface area contributed by atoms with Crippen LogP contribution < -0.4 is 10.7 Å². The molecule has 1 aromatic carbocycles. The van der Waals surface area contributed by atoms with E-state index < -0.39 is 0 Å². The normalized spacial score (nSPS) is 11.9. The standard InChI is InChI=1S/C18H27N3S/c1-4-5-7-12-17(13-16-10-8-6-9-11-16)14-19-21-18(22)20-15(2)3/h6,8-11,13-15H,4-5,7,12H2,1-3H3,(H2,20,21,22)/b17-13+,19-14-. The topological polar surface area (TPSA) is 36.4 Å². The molecule has 0 amide bonds. The van der Waals surface area contributed by atoms with Gasteiger partial charge in [0, 0.05) is 6.04 Å². The van der Waals surface area contributed by atoms with Crippen LogP contribution in [0.25, 0.3) is 6.08 Å². The van der Waals surface area contributed by atoms with E-state index in [1.165, 1.54) is 30.4 Å². The highest BCUT2D eigenvalue weighted by Crippen LogP contribution is 2.12. The number of nitrogens with zero attached hydrogens (tertiary/aromatic N) is 1. The maximum atomic E-state index is 5.16. The van der Waals surface area contributed by atoms with Gasteiger partial charge in [-0.15, -0.1) is 0 Å². The molecule has 1 aromatic rings. The van der Waals surface area contributed by atoms with E-state index in [-0.39, 0.29) is 0 Å². The van der Waals surface area contributed by atoms with E-state index in [0.717, 1.165) is 6.42 Å².